The Morgan fingerprint density at radius 2 is 1.70 bits per heavy atom. The Balaban J connectivity index is 1.58. The number of likely N-dealkylation sites (tertiary alicyclic amines) is 1. The first kappa shape index (κ1) is 20.0. The minimum absolute atomic E-state index is 0.347. The van der Waals surface area contributed by atoms with Gasteiger partial charge in [0.2, 0.25) is 0 Å². The molecule has 1 N–H and O–H groups in total. The van der Waals surface area contributed by atoms with Crippen molar-refractivity contribution in [3.05, 3.63) is 58.1 Å². The Morgan fingerprint density at radius 3 is 2.44 bits per heavy atom. The van der Waals surface area contributed by atoms with E-state index in [-0.39, 0.29) is 5.97 Å². The van der Waals surface area contributed by atoms with E-state index >= 15 is 0 Å². The first-order chi connectivity index (χ1) is 13.1. The maximum Gasteiger partial charge on any atom is 0.340 e. The zero-order chi connectivity index (χ0) is 19.1. The second-order valence-corrected chi connectivity index (χ2v) is 7.47. The number of nitrogens with zero attached hydrogens (tertiary/aromatic N) is 1. The number of carbonyl (C=O) groups is 1. The van der Waals surface area contributed by atoms with Crippen LogP contribution in [0.1, 0.15) is 36.0 Å². The van der Waals surface area contributed by atoms with Crippen molar-refractivity contribution in [3.8, 4) is 0 Å². The molecule has 0 radical (unpaired) electrons. The van der Waals surface area contributed by atoms with Crippen molar-refractivity contribution in [1.29, 1.82) is 0 Å². The van der Waals surface area contributed by atoms with Crippen molar-refractivity contribution in [2.24, 2.45) is 0 Å². The van der Waals surface area contributed by atoms with Crippen molar-refractivity contribution in [3.63, 3.8) is 0 Å². The van der Waals surface area contributed by atoms with Crippen molar-refractivity contribution >= 4 is 40.5 Å². The molecule has 0 aromatic heterocycles. The zero-order valence-electron chi connectivity index (χ0n) is 15.2. The number of benzene rings is 2. The van der Waals surface area contributed by atoms with Gasteiger partial charge in [0, 0.05) is 6.54 Å². The van der Waals surface area contributed by atoms with Crippen LogP contribution in [0.2, 0.25) is 10.0 Å². The van der Waals surface area contributed by atoms with Gasteiger partial charge in [-0.2, -0.15) is 0 Å². The quantitative estimate of drug-likeness (QED) is 0.467. The van der Waals surface area contributed by atoms with Crippen LogP contribution >= 0.6 is 23.2 Å². The van der Waals surface area contributed by atoms with Gasteiger partial charge in [-0.25, -0.2) is 4.79 Å². The van der Waals surface area contributed by atoms with E-state index in [4.69, 9.17) is 27.9 Å². The molecule has 2 aromatic carbocycles. The standard InChI is InChI=1S/C21H24Cl2N2O2/c22-17-9-6-10-18(23)20(17)24-19-11-3-2-8-16(19)21(26)27-15-7-14-25-12-4-1-5-13-25/h2-3,6,8-11,24H,1,4-5,7,12-15H2. The summed E-state index contributed by atoms with van der Waals surface area (Å²) in [6.45, 7) is 3.69. The second kappa shape index (κ2) is 9.98. The van der Waals surface area contributed by atoms with Crippen LogP contribution < -0.4 is 5.32 Å². The van der Waals surface area contributed by atoms with Gasteiger partial charge in [-0.3, -0.25) is 0 Å². The number of hydrogen-bond acceptors (Lipinski definition) is 4. The van der Waals surface area contributed by atoms with Gasteiger partial charge in [-0.15, -0.1) is 0 Å². The minimum atomic E-state index is -0.347. The highest BCUT2D eigenvalue weighted by molar-refractivity contribution is 6.39. The smallest absolute Gasteiger partial charge is 0.340 e. The molecule has 0 spiro atoms. The fraction of sp³-hybridized carbons (Fsp3) is 0.381. The lowest BCUT2D eigenvalue weighted by Crippen LogP contribution is -2.31. The van der Waals surface area contributed by atoms with E-state index in [1.807, 2.05) is 18.2 Å². The molecule has 0 atom stereocenters. The Morgan fingerprint density at radius 1 is 1.00 bits per heavy atom. The summed E-state index contributed by atoms with van der Waals surface area (Å²) in [5.41, 5.74) is 1.66. The van der Waals surface area contributed by atoms with Gasteiger partial charge in [0.15, 0.2) is 0 Å². The number of piperidine rings is 1. The number of esters is 1. The summed E-state index contributed by atoms with van der Waals surface area (Å²) in [5, 5.41) is 4.14. The van der Waals surface area contributed by atoms with Gasteiger partial charge >= 0.3 is 5.97 Å². The average Bonchev–Trinajstić information content (AvgIpc) is 2.69. The number of rotatable bonds is 7. The third kappa shape index (κ3) is 5.61. The van der Waals surface area contributed by atoms with Gasteiger partial charge in [0.25, 0.3) is 0 Å². The van der Waals surface area contributed by atoms with Crippen LogP contribution in [0, 0.1) is 0 Å². The predicted octanol–water partition coefficient (Wildman–Crippen LogP) is 5.77. The fourth-order valence-electron chi connectivity index (χ4n) is 3.24. The van der Waals surface area contributed by atoms with Crippen LogP contribution in [0.3, 0.4) is 0 Å². The topological polar surface area (TPSA) is 41.6 Å². The molecule has 144 valence electrons. The van der Waals surface area contributed by atoms with Crippen molar-refractivity contribution in [1.82, 2.24) is 4.90 Å². The fourth-order valence-corrected chi connectivity index (χ4v) is 3.73. The molecule has 3 rings (SSSR count). The number of para-hydroxylation sites is 2. The molecule has 1 heterocycles. The summed E-state index contributed by atoms with van der Waals surface area (Å²) in [7, 11) is 0. The highest BCUT2D eigenvalue weighted by atomic mass is 35.5. The van der Waals surface area contributed by atoms with Crippen molar-refractivity contribution in [2.75, 3.05) is 31.6 Å². The highest BCUT2D eigenvalue weighted by Crippen LogP contribution is 2.33. The van der Waals surface area contributed by atoms with E-state index < -0.39 is 0 Å². The average molecular weight is 407 g/mol. The lowest BCUT2D eigenvalue weighted by atomic mass is 10.1. The lowest BCUT2D eigenvalue weighted by Gasteiger charge is -2.26. The van der Waals surface area contributed by atoms with Crippen molar-refractivity contribution < 1.29 is 9.53 Å². The number of hydrogen-bond donors (Lipinski definition) is 1. The molecular weight excluding hydrogens is 383 g/mol. The van der Waals surface area contributed by atoms with E-state index in [0.29, 0.717) is 33.6 Å². The maximum absolute atomic E-state index is 12.5. The Labute approximate surface area is 170 Å². The number of halogens is 2. The van der Waals surface area contributed by atoms with E-state index in [2.05, 4.69) is 10.2 Å². The van der Waals surface area contributed by atoms with Gasteiger partial charge < -0.3 is 15.0 Å². The zero-order valence-corrected chi connectivity index (χ0v) is 16.7. The summed E-state index contributed by atoms with van der Waals surface area (Å²) in [6.07, 6.45) is 4.70. The maximum atomic E-state index is 12.5. The molecule has 0 unspecified atom stereocenters. The summed E-state index contributed by atoms with van der Waals surface area (Å²) >= 11 is 12.4. The molecule has 27 heavy (non-hydrogen) atoms. The second-order valence-electron chi connectivity index (χ2n) is 6.66. The first-order valence-electron chi connectivity index (χ1n) is 9.34. The van der Waals surface area contributed by atoms with Crippen LogP contribution in [0.5, 0.6) is 0 Å². The first-order valence-corrected chi connectivity index (χ1v) is 10.1. The van der Waals surface area contributed by atoms with E-state index in [0.717, 1.165) is 26.1 Å². The molecule has 2 aromatic rings. The number of nitrogens with one attached hydrogen (secondary N) is 1. The largest absolute Gasteiger partial charge is 0.462 e. The molecule has 1 aliphatic heterocycles. The molecule has 1 fully saturated rings. The molecule has 0 aliphatic carbocycles. The summed E-state index contributed by atoms with van der Waals surface area (Å²) in [6, 6.07) is 12.5. The minimum Gasteiger partial charge on any atom is -0.462 e. The van der Waals surface area contributed by atoms with Crippen molar-refractivity contribution in [2.45, 2.75) is 25.7 Å². The molecule has 1 saturated heterocycles. The van der Waals surface area contributed by atoms with E-state index in [1.165, 1.54) is 19.3 Å². The molecule has 0 amide bonds. The van der Waals surface area contributed by atoms with Crippen LogP contribution in [0.4, 0.5) is 11.4 Å². The molecule has 0 bridgehead atoms. The summed E-state index contributed by atoms with van der Waals surface area (Å²) in [4.78, 5) is 15.0. The van der Waals surface area contributed by atoms with Crippen LogP contribution in [0.15, 0.2) is 42.5 Å². The normalized spacial score (nSPS) is 14.7. The molecule has 0 saturated carbocycles. The molecular formula is C21H24Cl2N2O2. The van der Waals surface area contributed by atoms with Crippen LogP contribution in [-0.4, -0.2) is 37.1 Å². The Hall–Kier alpha value is -1.75. The van der Waals surface area contributed by atoms with Gasteiger partial charge in [0.1, 0.15) is 0 Å². The number of ether oxygens (including phenoxy) is 1. The number of anilines is 2. The monoisotopic (exact) mass is 406 g/mol. The Bertz CT molecular complexity index is 756. The van der Waals surface area contributed by atoms with Gasteiger partial charge in [-0.1, -0.05) is 47.8 Å². The number of carbonyl (C=O) groups excluding carboxylic acids is 1. The van der Waals surface area contributed by atoms with E-state index in [1.54, 1.807) is 24.3 Å². The van der Waals surface area contributed by atoms with E-state index in [9.17, 15) is 4.79 Å². The molecule has 4 nitrogen and oxygen atoms in total. The highest BCUT2D eigenvalue weighted by Gasteiger charge is 2.15. The molecule has 1 aliphatic rings. The third-order valence-corrected chi connectivity index (χ3v) is 5.30. The summed E-state index contributed by atoms with van der Waals surface area (Å²) < 4.78 is 5.49. The van der Waals surface area contributed by atoms with Gasteiger partial charge in [0.05, 0.1) is 33.6 Å². The SMILES string of the molecule is O=C(OCCCN1CCCCC1)c1ccccc1Nc1c(Cl)cccc1Cl. The van der Waals surface area contributed by atoms with Crippen LogP contribution in [-0.2, 0) is 4.74 Å². The van der Waals surface area contributed by atoms with Crippen LogP contribution in [0.25, 0.3) is 0 Å². The summed E-state index contributed by atoms with van der Waals surface area (Å²) in [5.74, 6) is -0.347. The lowest BCUT2D eigenvalue weighted by molar-refractivity contribution is 0.0486. The predicted molar refractivity (Wildman–Crippen MR) is 111 cm³/mol. The Kier molecular flexibility index (Phi) is 7.39. The van der Waals surface area contributed by atoms with Gasteiger partial charge in [-0.05, 0) is 56.6 Å². The molecule has 6 heteroatoms. The third-order valence-electron chi connectivity index (χ3n) is 4.67.